The second kappa shape index (κ2) is 6.33. The van der Waals surface area contributed by atoms with E-state index in [1.807, 2.05) is 34.6 Å². The van der Waals surface area contributed by atoms with Gasteiger partial charge in [-0.25, -0.2) is 4.39 Å². The Morgan fingerprint density at radius 3 is 2.53 bits per heavy atom. The van der Waals surface area contributed by atoms with Gasteiger partial charge in [-0.05, 0) is 34.6 Å². The lowest BCUT2D eigenvalue weighted by atomic mass is 10.0. The van der Waals surface area contributed by atoms with E-state index in [0.717, 1.165) is 22.6 Å². The molecule has 0 fully saturated rings. The maximum absolute atomic E-state index is 14.0. The number of nitrogens with one attached hydrogen (secondary N) is 1. The number of methoxy groups -OCH3 is 1. The lowest BCUT2D eigenvalue weighted by Crippen LogP contribution is -2.40. The second-order valence-corrected chi connectivity index (χ2v) is 5.98. The Labute approximate surface area is 115 Å². The van der Waals surface area contributed by atoms with E-state index in [0.29, 0.717) is 13.0 Å². The molecule has 0 spiro atoms. The van der Waals surface area contributed by atoms with Crippen molar-refractivity contribution in [1.82, 2.24) is 10.3 Å². The van der Waals surface area contributed by atoms with Crippen LogP contribution in [-0.4, -0.2) is 30.3 Å². The highest BCUT2D eigenvalue weighted by Gasteiger charge is 2.17. The number of ether oxygens (including phenoxy) is 1. The molecule has 1 rings (SSSR count). The van der Waals surface area contributed by atoms with Gasteiger partial charge in [0, 0.05) is 41.5 Å². The van der Waals surface area contributed by atoms with Crippen molar-refractivity contribution in [3.63, 3.8) is 0 Å². The molecule has 0 saturated heterocycles. The number of aryl methyl sites for hydroxylation is 1. The molecule has 0 aromatic carbocycles. The van der Waals surface area contributed by atoms with Crippen molar-refractivity contribution >= 4 is 0 Å². The van der Waals surface area contributed by atoms with Gasteiger partial charge < -0.3 is 10.1 Å². The fourth-order valence-electron chi connectivity index (χ4n) is 1.98. The van der Waals surface area contributed by atoms with Crippen LogP contribution in [0.3, 0.4) is 0 Å². The molecule has 0 bridgehead atoms. The molecular weight excluding hydrogens is 243 g/mol. The first-order valence-corrected chi connectivity index (χ1v) is 6.62. The average Bonchev–Trinajstić information content (AvgIpc) is 2.30. The molecule has 1 aromatic rings. The first-order chi connectivity index (χ1) is 8.74. The molecular formula is C15H25FN2O. The summed E-state index contributed by atoms with van der Waals surface area (Å²) < 4.78 is 19.3. The Kier molecular flexibility index (Phi) is 5.29. The minimum atomic E-state index is -0.946. The van der Waals surface area contributed by atoms with E-state index >= 15 is 0 Å². The van der Waals surface area contributed by atoms with Gasteiger partial charge in [-0.3, -0.25) is 4.98 Å². The summed E-state index contributed by atoms with van der Waals surface area (Å²) in [5, 5.41) is 3.17. The third-order valence-electron chi connectivity index (χ3n) is 3.02. The average molecular weight is 268 g/mol. The lowest BCUT2D eigenvalue weighted by molar-refractivity contribution is 0.282. The minimum absolute atomic E-state index is 0.0716. The number of hydrogen-bond donors (Lipinski definition) is 1. The number of pyridine rings is 1. The summed E-state index contributed by atoms with van der Waals surface area (Å²) in [5.41, 5.74) is 2.61. The Bertz CT molecular complexity index is 427. The van der Waals surface area contributed by atoms with Crippen LogP contribution in [0, 0.1) is 13.8 Å². The van der Waals surface area contributed by atoms with Crippen molar-refractivity contribution in [1.29, 1.82) is 0 Å². The van der Waals surface area contributed by atoms with Crippen molar-refractivity contribution in [3.8, 4) is 5.75 Å². The molecule has 1 N–H and O–H groups in total. The van der Waals surface area contributed by atoms with E-state index in [9.17, 15) is 4.39 Å². The minimum Gasteiger partial charge on any atom is -0.496 e. The zero-order valence-electron chi connectivity index (χ0n) is 12.8. The molecule has 0 aliphatic heterocycles. The van der Waals surface area contributed by atoms with Gasteiger partial charge in [-0.1, -0.05) is 0 Å². The van der Waals surface area contributed by atoms with Crippen LogP contribution in [0.15, 0.2) is 6.20 Å². The van der Waals surface area contributed by atoms with Gasteiger partial charge in [0.1, 0.15) is 11.9 Å². The van der Waals surface area contributed by atoms with Gasteiger partial charge >= 0.3 is 0 Å². The fourth-order valence-corrected chi connectivity index (χ4v) is 1.98. The van der Waals surface area contributed by atoms with Gasteiger partial charge in [-0.2, -0.15) is 0 Å². The number of alkyl halides is 1. The molecule has 1 heterocycles. The third-order valence-corrected chi connectivity index (χ3v) is 3.02. The van der Waals surface area contributed by atoms with Crippen LogP contribution in [0.2, 0.25) is 0 Å². The van der Waals surface area contributed by atoms with Crippen LogP contribution in [0.1, 0.15) is 37.6 Å². The van der Waals surface area contributed by atoms with Crippen LogP contribution in [0.25, 0.3) is 0 Å². The first kappa shape index (κ1) is 15.9. The maximum atomic E-state index is 14.0. The molecule has 3 nitrogen and oxygen atoms in total. The summed E-state index contributed by atoms with van der Waals surface area (Å²) in [6.45, 7) is 10.3. The van der Waals surface area contributed by atoms with E-state index in [4.69, 9.17) is 4.74 Å². The normalized spacial score (nSPS) is 13.4. The summed E-state index contributed by atoms with van der Waals surface area (Å²) in [6.07, 6.45) is 1.11. The first-order valence-electron chi connectivity index (χ1n) is 6.62. The molecule has 1 aromatic heterocycles. The predicted octanol–water partition coefficient (Wildman–Crippen LogP) is 2.98. The van der Waals surface area contributed by atoms with E-state index in [1.54, 1.807) is 13.3 Å². The standard InChI is InChI=1S/C15H25FN2O/c1-10-8-17-13(11(2)14(10)19-6)7-12(16)9-18-15(3,4)5/h8,12,18H,7,9H2,1-6H3. The molecule has 4 heteroatoms. The van der Waals surface area contributed by atoms with Crippen LogP contribution < -0.4 is 10.1 Å². The van der Waals surface area contributed by atoms with Crippen molar-refractivity contribution in [3.05, 3.63) is 23.0 Å². The summed E-state index contributed by atoms with van der Waals surface area (Å²) in [6, 6.07) is 0. The van der Waals surface area contributed by atoms with Gasteiger partial charge in [0.25, 0.3) is 0 Å². The van der Waals surface area contributed by atoms with Crippen LogP contribution in [0.5, 0.6) is 5.75 Å². The summed E-state index contributed by atoms with van der Waals surface area (Å²) in [5.74, 6) is 0.806. The van der Waals surface area contributed by atoms with Crippen molar-refractivity contribution in [2.45, 2.75) is 52.8 Å². The highest BCUT2D eigenvalue weighted by molar-refractivity contribution is 5.41. The van der Waals surface area contributed by atoms with E-state index in [1.165, 1.54) is 0 Å². The molecule has 19 heavy (non-hydrogen) atoms. The molecule has 1 unspecified atom stereocenters. The summed E-state index contributed by atoms with van der Waals surface area (Å²) in [4.78, 5) is 4.32. The largest absolute Gasteiger partial charge is 0.496 e. The van der Waals surface area contributed by atoms with Crippen molar-refractivity contribution in [2.75, 3.05) is 13.7 Å². The predicted molar refractivity (Wildman–Crippen MR) is 76.6 cm³/mol. The smallest absolute Gasteiger partial charge is 0.128 e. The number of aromatic nitrogens is 1. The second-order valence-electron chi connectivity index (χ2n) is 5.98. The van der Waals surface area contributed by atoms with Crippen molar-refractivity contribution in [2.24, 2.45) is 0 Å². The molecule has 0 amide bonds. The molecule has 0 radical (unpaired) electrons. The molecule has 0 saturated carbocycles. The van der Waals surface area contributed by atoms with Crippen LogP contribution in [0.4, 0.5) is 4.39 Å². The van der Waals surface area contributed by atoms with Crippen LogP contribution in [-0.2, 0) is 6.42 Å². The highest BCUT2D eigenvalue weighted by Crippen LogP contribution is 2.24. The maximum Gasteiger partial charge on any atom is 0.128 e. The molecule has 0 aliphatic carbocycles. The Morgan fingerprint density at radius 1 is 1.37 bits per heavy atom. The fraction of sp³-hybridized carbons (Fsp3) is 0.667. The number of hydrogen-bond acceptors (Lipinski definition) is 3. The molecule has 1 atom stereocenters. The monoisotopic (exact) mass is 268 g/mol. The van der Waals surface area contributed by atoms with E-state index in [-0.39, 0.29) is 5.54 Å². The quantitative estimate of drug-likeness (QED) is 0.891. The topological polar surface area (TPSA) is 34.1 Å². The van der Waals surface area contributed by atoms with Gasteiger partial charge in [0.15, 0.2) is 0 Å². The number of nitrogens with zero attached hydrogens (tertiary/aromatic N) is 1. The third kappa shape index (κ3) is 4.78. The lowest BCUT2D eigenvalue weighted by Gasteiger charge is -2.22. The van der Waals surface area contributed by atoms with Gasteiger partial charge in [0.2, 0.25) is 0 Å². The number of halogens is 1. The molecule has 108 valence electrons. The van der Waals surface area contributed by atoms with Crippen LogP contribution >= 0.6 is 0 Å². The van der Waals surface area contributed by atoms with Crippen molar-refractivity contribution < 1.29 is 9.13 Å². The number of rotatable bonds is 5. The summed E-state index contributed by atoms with van der Waals surface area (Å²) in [7, 11) is 1.63. The Balaban J connectivity index is 2.72. The zero-order valence-corrected chi connectivity index (χ0v) is 12.8. The summed E-state index contributed by atoms with van der Waals surface area (Å²) >= 11 is 0. The SMILES string of the molecule is COc1c(C)cnc(CC(F)CNC(C)(C)C)c1C. The van der Waals surface area contributed by atoms with E-state index < -0.39 is 6.17 Å². The Morgan fingerprint density at radius 2 is 2.00 bits per heavy atom. The Hall–Kier alpha value is -1.16. The zero-order chi connectivity index (χ0) is 14.6. The van der Waals surface area contributed by atoms with E-state index in [2.05, 4.69) is 10.3 Å². The molecule has 0 aliphatic rings. The van der Waals surface area contributed by atoms with Gasteiger partial charge in [-0.15, -0.1) is 0 Å². The van der Waals surface area contributed by atoms with Gasteiger partial charge in [0.05, 0.1) is 7.11 Å². The highest BCUT2D eigenvalue weighted by atomic mass is 19.1.